The van der Waals surface area contributed by atoms with Crippen molar-refractivity contribution in [2.24, 2.45) is 0 Å². The van der Waals surface area contributed by atoms with Crippen LogP contribution >= 0.6 is 27.3 Å². The quantitative estimate of drug-likeness (QED) is 0.891. The summed E-state index contributed by atoms with van der Waals surface area (Å²) in [6.07, 6.45) is 0.964. The first kappa shape index (κ1) is 13.5. The van der Waals surface area contributed by atoms with Gasteiger partial charge in [-0.1, -0.05) is 6.92 Å². The summed E-state index contributed by atoms with van der Waals surface area (Å²) in [4.78, 5) is 4.48. The molecule has 0 saturated heterocycles. The minimum atomic E-state index is -0.236. The van der Waals surface area contributed by atoms with Crippen LogP contribution in [0.3, 0.4) is 0 Å². The number of anilines is 1. The smallest absolute Gasteiger partial charge is 0.137 e. The molecule has 0 aliphatic carbocycles. The Labute approximate surface area is 118 Å². The second-order valence-electron chi connectivity index (χ2n) is 4.02. The average Bonchev–Trinajstić information content (AvgIpc) is 2.80. The molecule has 2 aromatic rings. The van der Waals surface area contributed by atoms with Crippen LogP contribution in [0.1, 0.15) is 23.2 Å². The highest BCUT2D eigenvalue weighted by Gasteiger charge is 2.06. The molecule has 1 aromatic heterocycles. The largest absolute Gasteiger partial charge is 0.379 e. The summed E-state index contributed by atoms with van der Waals surface area (Å²) in [7, 11) is 0. The highest BCUT2D eigenvalue weighted by molar-refractivity contribution is 9.10. The van der Waals surface area contributed by atoms with Gasteiger partial charge < -0.3 is 5.32 Å². The molecular formula is C13H14BrFN2S. The van der Waals surface area contributed by atoms with Crippen LogP contribution in [0.2, 0.25) is 0 Å². The van der Waals surface area contributed by atoms with Gasteiger partial charge in [0.25, 0.3) is 0 Å². The molecule has 0 amide bonds. The summed E-state index contributed by atoms with van der Waals surface area (Å²) in [5.74, 6) is -0.236. The van der Waals surface area contributed by atoms with E-state index in [2.05, 4.69) is 38.5 Å². The molecule has 0 spiro atoms. The van der Waals surface area contributed by atoms with Crippen molar-refractivity contribution in [1.82, 2.24) is 4.98 Å². The van der Waals surface area contributed by atoms with Gasteiger partial charge in [0, 0.05) is 11.1 Å². The summed E-state index contributed by atoms with van der Waals surface area (Å²) in [6, 6.07) is 3.28. The van der Waals surface area contributed by atoms with Crippen LogP contribution in [0, 0.1) is 12.7 Å². The number of benzene rings is 1. The van der Waals surface area contributed by atoms with Crippen LogP contribution < -0.4 is 5.32 Å². The van der Waals surface area contributed by atoms with E-state index in [0.29, 0.717) is 11.0 Å². The van der Waals surface area contributed by atoms with Gasteiger partial charge in [-0.15, -0.1) is 11.3 Å². The van der Waals surface area contributed by atoms with Crippen molar-refractivity contribution < 1.29 is 4.39 Å². The minimum Gasteiger partial charge on any atom is -0.379 e. The van der Waals surface area contributed by atoms with E-state index in [1.54, 1.807) is 17.4 Å². The Morgan fingerprint density at radius 2 is 2.22 bits per heavy atom. The fourth-order valence-corrected chi connectivity index (χ4v) is 2.70. The van der Waals surface area contributed by atoms with Crippen LogP contribution in [0.5, 0.6) is 0 Å². The number of halogens is 2. The maximum absolute atomic E-state index is 13.3. The third kappa shape index (κ3) is 3.09. The van der Waals surface area contributed by atoms with Crippen LogP contribution in [0.25, 0.3) is 0 Å². The van der Waals surface area contributed by atoms with Gasteiger partial charge in [-0.25, -0.2) is 9.37 Å². The van der Waals surface area contributed by atoms with Crippen molar-refractivity contribution >= 4 is 33.0 Å². The van der Waals surface area contributed by atoms with Gasteiger partial charge >= 0.3 is 0 Å². The van der Waals surface area contributed by atoms with Crippen LogP contribution in [0.15, 0.2) is 22.0 Å². The van der Waals surface area contributed by atoms with Crippen LogP contribution in [-0.2, 0) is 13.0 Å². The molecule has 1 heterocycles. The van der Waals surface area contributed by atoms with E-state index in [1.807, 2.05) is 6.92 Å². The normalized spacial score (nSPS) is 10.7. The molecular weight excluding hydrogens is 315 g/mol. The van der Waals surface area contributed by atoms with E-state index >= 15 is 0 Å². The van der Waals surface area contributed by atoms with Gasteiger partial charge in [0.15, 0.2) is 0 Å². The molecule has 0 atom stereocenters. The SMILES string of the molecule is CCc1nc(CNc2cc(Br)c(F)cc2C)cs1. The van der Waals surface area contributed by atoms with Gasteiger partial charge in [0.1, 0.15) is 5.82 Å². The van der Waals surface area contributed by atoms with Gasteiger partial charge in [0.05, 0.1) is 21.7 Å². The second-order valence-corrected chi connectivity index (χ2v) is 5.82. The average molecular weight is 329 g/mol. The summed E-state index contributed by atoms with van der Waals surface area (Å²) in [5, 5.41) is 6.48. The van der Waals surface area contributed by atoms with E-state index in [9.17, 15) is 4.39 Å². The highest BCUT2D eigenvalue weighted by atomic mass is 79.9. The Morgan fingerprint density at radius 3 is 2.89 bits per heavy atom. The number of hydrogen-bond donors (Lipinski definition) is 1. The molecule has 96 valence electrons. The number of rotatable bonds is 4. The molecule has 0 radical (unpaired) electrons. The highest BCUT2D eigenvalue weighted by Crippen LogP contribution is 2.24. The molecule has 0 unspecified atom stereocenters. The maximum Gasteiger partial charge on any atom is 0.137 e. The third-order valence-electron chi connectivity index (χ3n) is 2.63. The van der Waals surface area contributed by atoms with Crippen molar-refractivity contribution in [3.63, 3.8) is 0 Å². The maximum atomic E-state index is 13.3. The van der Waals surface area contributed by atoms with E-state index in [4.69, 9.17) is 0 Å². The second kappa shape index (κ2) is 5.80. The van der Waals surface area contributed by atoms with E-state index in [0.717, 1.165) is 28.4 Å². The predicted octanol–water partition coefficient (Wildman–Crippen LogP) is 4.53. The molecule has 2 rings (SSSR count). The fraction of sp³-hybridized carbons (Fsp3) is 0.308. The number of aryl methyl sites for hydroxylation is 2. The number of thiazole rings is 1. The third-order valence-corrected chi connectivity index (χ3v) is 4.28. The van der Waals surface area contributed by atoms with E-state index in [-0.39, 0.29) is 5.82 Å². The van der Waals surface area contributed by atoms with Crippen molar-refractivity contribution in [3.05, 3.63) is 44.1 Å². The standard InChI is InChI=1S/C13H14BrFN2S/c1-3-13-17-9(7-18-13)6-16-12-5-10(14)11(15)4-8(12)2/h4-5,7,16H,3,6H2,1-2H3. The Balaban J connectivity index is 2.08. The van der Waals surface area contributed by atoms with Gasteiger partial charge in [-0.3, -0.25) is 0 Å². The molecule has 1 aromatic carbocycles. The van der Waals surface area contributed by atoms with Crippen molar-refractivity contribution in [1.29, 1.82) is 0 Å². The molecule has 0 bridgehead atoms. The molecule has 0 aliphatic heterocycles. The van der Waals surface area contributed by atoms with Gasteiger partial charge in [-0.05, 0) is 47.0 Å². The zero-order valence-electron chi connectivity index (χ0n) is 10.3. The number of hydrogen-bond acceptors (Lipinski definition) is 3. The Hall–Kier alpha value is -0.940. The van der Waals surface area contributed by atoms with Crippen molar-refractivity contribution in [2.75, 3.05) is 5.32 Å². The molecule has 1 N–H and O–H groups in total. The lowest BCUT2D eigenvalue weighted by Gasteiger charge is -2.09. The zero-order chi connectivity index (χ0) is 13.1. The number of nitrogens with one attached hydrogen (secondary N) is 1. The summed E-state index contributed by atoms with van der Waals surface area (Å²) >= 11 is 4.87. The van der Waals surface area contributed by atoms with Gasteiger partial charge in [-0.2, -0.15) is 0 Å². The molecule has 2 nitrogen and oxygen atoms in total. The van der Waals surface area contributed by atoms with Crippen molar-refractivity contribution in [2.45, 2.75) is 26.8 Å². The van der Waals surface area contributed by atoms with Gasteiger partial charge in [0.2, 0.25) is 0 Å². The van der Waals surface area contributed by atoms with Crippen LogP contribution in [-0.4, -0.2) is 4.98 Å². The first-order chi connectivity index (χ1) is 8.60. The first-order valence-electron chi connectivity index (χ1n) is 5.73. The molecule has 0 fully saturated rings. The molecule has 0 aliphatic rings. The molecule has 0 saturated carbocycles. The predicted molar refractivity (Wildman–Crippen MR) is 77.7 cm³/mol. The summed E-state index contributed by atoms with van der Waals surface area (Å²) in [5.41, 5.74) is 2.84. The fourth-order valence-electron chi connectivity index (χ4n) is 1.62. The summed E-state index contributed by atoms with van der Waals surface area (Å²) < 4.78 is 13.8. The Morgan fingerprint density at radius 1 is 1.44 bits per heavy atom. The topological polar surface area (TPSA) is 24.9 Å². The van der Waals surface area contributed by atoms with E-state index < -0.39 is 0 Å². The monoisotopic (exact) mass is 328 g/mol. The summed E-state index contributed by atoms with van der Waals surface area (Å²) in [6.45, 7) is 4.64. The Bertz CT molecular complexity index is 554. The number of nitrogens with zero attached hydrogens (tertiary/aromatic N) is 1. The first-order valence-corrected chi connectivity index (χ1v) is 7.40. The zero-order valence-corrected chi connectivity index (χ0v) is 12.7. The molecule has 5 heteroatoms. The van der Waals surface area contributed by atoms with Crippen LogP contribution in [0.4, 0.5) is 10.1 Å². The lowest BCUT2D eigenvalue weighted by atomic mass is 10.2. The Kier molecular flexibility index (Phi) is 4.35. The molecule has 18 heavy (non-hydrogen) atoms. The minimum absolute atomic E-state index is 0.236. The van der Waals surface area contributed by atoms with Crippen molar-refractivity contribution in [3.8, 4) is 0 Å². The lowest BCUT2D eigenvalue weighted by molar-refractivity contribution is 0.620. The van der Waals surface area contributed by atoms with E-state index in [1.165, 1.54) is 6.07 Å². The number of aromatic nitrogens is 1. The lowest BCUT2D eigenvalue weighted by Crippen LogP contribution is -2.02.